The molecule has 0 unspecified atom stereocenters. The summed E-state index contributed by atoms with van der Waals surface area (Å²) in [5, 5.41) is 3.33. The summed E-state index contributed by atoms with van der Waals surface area (Å²) >= 11 is 0. The molecule has 0 atom stereocenters. The van der Waals surface area contributed by atoms with E-state index in [1.54, 1.807) is 0 Å². The second kappa shape index (κ2) is 6.93. The van der Waals surface area contributed by atoms with Crippen LogP contribution in [0.3, 0.4) is 0 Å². The van der Waals surface area contributed by atoms with E-state index < -0.39 is 12.1 Å². The Morgan fingerprint density at radius 3 is 2.16 bits per heavy atom. The van der Waals surface area contributed by atoms with E-state index in [1.807, 2.05) is 0 Å². The largest absolute Gasteiger partial charge is 0.391 e. The Kier molecular flexibility index (Phi) is 5.51. The molecule has 19 heavy (non-hydrogen) atoms. The van der Waals surface area contributed by atoms with Gasteiger partial charge in [-0.25, -0.2) is 0 Å². The minimum absolute atomic E-state index is 0.241. The quantitative estimate of drug-likeness (QED) is 0.776. The third kappa shape index (κ3) is 4.95. The van der Waals surface area contributed by atoms with Gasteiger partial charge in [-0.2, -0.15) is 13.2 Å². The molecule has 0 saturated heterocycles. The van der Waals surface area contributed by atoms with Crippen molar-refractivity contribution in [2.75, 3.05) is 13.2 Å². The van der Waals surface area contributed by atoms with E-state index in [4.69, 9.17) is 4.74 Å². The van der Waals surface area contributed by atoms with Gasteiger partial charge in [0.15, 0.2) is 0 Å². The van der Waals surface area contributed by atoms with Gasteiger partial charge in [0.1, 0.15) is 0 Å². The van der Waals surface area contributed by atoms with Crippen molar-refractivity contribution < 1.29 is 17.9 Å². The maximum atomic E-state index is 12.5. The summed E-state index contributed by atoms with van der Waals surface area (Å²) < 4.78 is 43.2. The highest BCUT2D eigenvalue weighted by molar-refractivity contribution is 4.80. The number of alkyl halides is 3. The van der Waals surface area contributed by atoms with Crippen LogP contribution in [0.5, 0.6) is 0 Å². The van der Waals surface area contributed by atoms with E-state index in [0.29, 0.717) is 25.6 Å². The number of rotatable bonds is 5. The molecular weight excluding hydrogens is 255 g/mol. The lowest BCUT2D eigenvalue weighted by molar-refractivity contribution is -0.182. The van der Waals surface area contributed by atoms with Crippen molar-refractivity contribution in [1.29, 1.82) is 0 Å². The van der Waals surface area contributed by atoms with Gasteiger partial charge in [-0.05, 0) is 38.5 Å². The summed E-state index contributed by atoms with van der Waals surface area (Å²) in [5.41, 5.74) is 0. The van der Waals surface area contributed by atoms with Crippen molar-refractivity contribution in [3.63, 3.8) is 0 Å². The van der Waals surface area contributed by atoms with Crippen LogP contribution in [0.1, 0.15) is 51.4 Å². The molecule has 5 heteroatoms. The predicted molar refractivity (Wildman–Crippen MR) is 68.0 cm³/mol. The second-order valence-electron chi connectivity index (χ2n) is 5.82. The Labute approximate surface area is 113 Å². The number of hydrogen-bond acceptors (Lipinski definition) is 2. The molecule has 0 radical (unpaired) electrons. The molecule has 2 aliphatic carbocycles. The molecule has 0 heterocycles. The van der Waals surface area contributed by atoms with Gasteiger partial charge in [0.05, 0.1) is 18.6 Å². The Balaban J connectivity index is 1.53. The maximum absolute atomic E-state index is 12.5. The zero-order valence-electron chi connectivity index (χ0n) is 11.3. The van der Waals surface area contributed by atoms with Crippen LogP contribution in [0.15, 0.2) is 0 Å². The second-order valence-corrected chi connectivity index (χ2v) is 5.82. The minimum Gasteiger partial charge on any atom is -0.377 e. The molecular formula is C14H24F3NO. The lowest BCUT2D eigenvalue weighted by Gasteiger charge is -2.30. The first-order valence-corrected chi connectivity index (χ1v) is 7.47. The Hall–Kier alpha value is -0.290. The van der Waals surface area contributed by atoms with Crippen molar-refractivity contribution in [1.82, 2.24) is 5.32 Å². The SMILES string of the molecule is FC(F)(F)C1CCC(NCCOC2CCCC2)CC1. The maximum Gasteiger partial charge on any atom is 0.391 e. The highest BCUT2D eigenvalue weighted by Gasteiger charge is 2.41. The van der Waals surface area contributed by atoms with Crippen LogP contribution in [-0.2, 0) is 4.74 Å². The molecule has 0 bridgehead atoms. The molecule has 0 aliphatic heterocycles. The first-order valence-electron chi connectivity index (χ1n) is 7.47. The Morgan fingerprint density at radius 1 is 0.947 bits per heavy atom. The van der Waals surface area contributed by atoms with Gasteiger partial charge in [-0.3, -0.25) is 0 Å². The molecule has 2 fully saturated rings. The van der Waals surface area contributed by atoms with Crippen LogP contribution in [0, 0.1) is 5.92 Å². The topological polar surface area (TPSA) is 21.3 Å². The fourth-order valence-electron chi connectivity index (χ4n) is 3.17. The smallest absolute Gasteiger partial charge is 0.377 e. The van der Waals surface area contributed by atoms with Crippen LogP contribution in [0.2, 0.25) is 0 Å². The van der Waals surface area contributed by atoms with Gasteiger partial charge in [-0.15, -0.1) is 0 Å². The fraction of sp³-hybridized carbons (Fsp3) is 1.00. The first kappa shape index (κ1) is 15.1. The monoisotopic (exact) mass is 279 g/mol. The van der Waals surface area contributed by atoms with E-state index in [-0.39, 0.29) is 18.9 Å². The first-order chi connectivity index (χ1) is 9.05. The van der Waals surface area contributed by atoms with Crippen LogP contribution >= 0.6 is 0 Å². The summed E-state index contributed by atoms with van der Waals surface area (Å²) in [6.45, 7) is 1.45. The van der Waals surface area contributed by atoms with Gasteiger partial charge in [0, 0.05) is 12.6 Å². The van der Waals surface area contributed by atoms with Crippen molar-refractivity contribution in [3.05, 3.63) is 0 Å². The van der Waals surface area contributed by atoms with E-state index in [0.717, 1.165) is 19.4 Å². The van der Waals surface area contributed by atoms with Crippen LogP contribution < -0.4 is 5.32 Å². The summed E-state index contributed by atoms with van der Waals surface area (Å²) in [4.78, 5) is 0. The predicted octanol–water partition coefficient (Wildman–Crippen LogP) is 3.66. The third-order valence-corrected chi connectivity index (χ3v) is 4.38. The average molecular weight is 279 g/mol. The molecule has 112 valence electrons. The van der Waals surface area contributed by atoms with Gasteiger partial charge < -0.3 is 10.1 Å². The van der Waals surface area contributed by atoms with Crippen molar-refractivity contribution in [2.45, 2.75) is 69.7 Å². The molecule has 0 aromatic heterocycles. The number of nitrogens with one attached hydrogen (secondary N) is 1. The molecule has 2 rings (SSSR count). The van der Waals surface area contributed by atoms with Crippen LogP contribution in [0.25, 0.3) is 0 Å². The zero-order chi connectivity index (χ0) is 13.7. The van der Waals surface area contributed by atoms with E-state index >= 15 is 0 Å². The molecule has 2 aliphatic rings. The molecule has 1 N–H and O–H groups in total. The Bertz CT molecular complexity index is 256. The summed E-state index contributed by atoms with van der Waals surface area (Å²) in [7, 11) is 0. The molecule has 0 aromatic rings. The lowest BCUT2D eigenvalue weighted by atomic mass is 9.85. The third-order valence-electron chi connectivity index (χ3n) is 4.38. The summed E-state index contributed by atoms with van der Waals surface area (Å²) in [6.07, 6.45) is 3.07. The molecule has 0 aromatic carbocycles. The standard InChI is InChI=1S/C14H24F3NO/c15-14(16,17)11-5-7-12(8-6-11)18-9-10-19-13-3-1-2-4-13/h11-13,18H,1-10H2. The number of hydrogen-bond donors (Lipinski definition) is 1. The fourth-order valence-corrected chi connectivity index (χ4v) is 3.17. The van der Waals surface area contributed by atoms with E-state index in [1.165, 1.54) is 12.8 Å². The van der Waals surface area contributed by atoms with Crippen molar-refractivity contribution in [3.8, 4) is 0 Å². The van der Waals surface area contributed by atoms with Gasteiger partial charge in [0.2, 0.25) is 0 Å². The van der Waals surface area contributed by atoms with Crippen LogP contribution in [-0.4, -0.2) is 31.5 Å². The number of halogens is 3. The van der Waals surface area contributed by atoms with Gasteiger partial charge in [-0.1, -0.05) is 12.8 Å². The average Bonchev–Trinajstić information content (AvgIpc) is 2.87. The minimum atomic E-state index is -4.00. The lowest BCUT2D eigenvalue weighted by Crippen LogP contribution is -2.38. The van der Waals surface area contributed by atoms with E-state index in [2.05, 4.69) is 5.32 Å². The molecule has 2 nitrogen and oxygen atoms in total. The molecule has 0 spiro atoms. The Morgan fingerprint density at radius 2 is 1.58 bits per heavy atom. The zero-order valence-corrected chi connectivity index (χ0v) is 11.3. The number of ether oxygens (including phenoxy) is 1. The summed E-state index contributed by atoms with van der Waals surface area (Å²) in [5.74, 6) is -1.08. The van der Waals surface area contributed by atoms with Gasteiger partial charge >= 0.3 is 6.18 Å². The normalized spacial score (nSPS) is 29.8. The highest BCUT2D eigenvalue weighted by atomic mass is 19.4. The van der Waals surface area contributed by atoms with Crippen molar-refractivity contribution in [2.24, 2.45) is 5.92 Å². The van der Waals surface area contributed by atoms with Crippen LogP contribution in [0.4, 0.5) is 13.2 Å². The van der Waals surface area contributed by atoms with Crippen molar-refractivity contribution >= 4 is 0 Å². The van der Waals surface area contributed by atoms with Gasteiger partial charge in [0.25, 0.3) is 0 Å². The van der Waals surface area contributed by atoms with E-state index in [9.17, 15) is 13.2 Å². The summed E-state index contributed by atoms with van der Waals surface area (Å²) in [6, 6.07) is 0.241. The molecule has 0 amide bonds. The molecule has 2 saturated carbocycles. The highest BCUT2D eigenvalue weighted by Crippen LogP contribution is 2.37.